The normalized spacial score (nSPS) is 9.08. The van der Waals surface area contributed by atoms with Gasteiger partial charge in [0, 0.05) is 19.2 Å². The molecule has 0 aromatic rings. The molecular weight excluding hydrogens is 174 g/mol. The van der Waals surface area contributed by atoms with E-state index in [1.807, 2.05) is 0 Å². The molecule has 0 heterocycles. The third kappa shape index (κ3) is 7.34. The lowest BCUT2D eigenvalue weighted by Crippen LogP contribution is -2.22. The highest BCUT2D eigenvalue weighted by Gasteiger charge is 1.95. The molecule has 1 amide bonds. The first-order valence-corrected chi connectivity index (χ1v) is 4.69. The molecule has 0 saturated carbocycles. The molecule has 0 bridgehead atoms. The van der Waals surface area contributed by atoms with Gasteiger partial charge < -0.3 is 5.32 Å². The van der Waals surface area contributed by atoms with Gasteiger partial charge in [-0.3, -0.25) is 9.59 Å². The zero-order valence-corrected chi connectivity index (χ0v) is 7.95. The van der Waals surface area contributed by atoms with Crippen LogP contribution in [0.25, 0.3) is 0 Å². The number of rotatable bonds is 5. The van der Waals surface area contributed by atoms with E-state index in [-0.39, 0.29) is 11.0 Å². The molecule has 0 radical (unpaired) electrons. The van der Waals surface area contributed by atoms with Gasteiger partial charge in [-0.2, -0.15) is 0 Å². The lowest BCUT2D eigenvalue weighted by Gasteiger charge is -1.99. The molecule has 0 aromatic heterocycles. The first-order chi connectivity index (χ1) is 5.66. The summed E-state index contributed by atoms with van der Waals surface area (Å²) in [5.74, 6) is 0.593. The topological polar surface area (TPSA) is 46.2 Å². The number of carbonyl (C=O) groups excluding carboxylic acids is 2. The molecular formula is C8H13NO2S. The van der Waals surface area contributed by atoms with Gasteiger partial charge in [0.25, 0.3) is 0 Å². The Morgan fingerprint density at radius 1 is 1.58 bits per heavy atom. The Morgan fingerprint density at radius 3 is 2.75 bits per heavy atom. The van der Waals surface area contributed by atoms with E-state index in [4.69, 9.17) is 0 Å². The average molecular weight is 187 g/mol. The van der Waals surface area contributed by atoms with E-state index in [0.29, 0.717) is 6.54 Å². The number of thioether (sulfide) groups is 1. The third-order valence-electron chi connectivity index (χ3n) is 1.11. The summed E-state index contributed by atoms with van der Waals surface area (Å²) in [4.78, 5) is 21.1. The van der Waals surface area contributed by atoms with E-state index in [2.05, 4.69) is 11.9 Å². The molecule has 0 aliphatic carbocycles. The summed E-state index contributed by atoms with van der Waals surface area (Å²) < 4.78 is 0. The summed E-state index contributed by atoms with van der Waals surface area (Å²) in [7, 11) is 0. The molecule has 0 atom stereocenters. The van der Waals surface area contributed by atoms with Gasteiger partial charge in [0.05, 0.1) is 0 Å². The summed E-state index contributed by atoms with van der Waals surface area (Å²) in [6.45, 7) is 5.45. The predicted molar refractivity (Wildman–Crippen MR) is 51.0 cm³/mol. The quantitative estimate of drug-likeness (QED) is 0.515. The molecule has 0 aliphatic rings. The molecule has 0 spiro atoms. The van der Waals surface area contributed by atoms with Crippen LogP contribution >= 0.6 is 11.8 Å². The van der Waals surface area contributed by atoms with E-state index in [1.165, 1.54) is 24.8 Å². The lowest BCUT2D eigenvalue weighted by atomic mass is 10.4. The Bertz CT molecular complexity index is 180. The van der Waals surface area contributed by atoms with Gasteiger partial charge in [0.15, 0.2) is 5.12 Å². The van der Waals surface area contributed by atoms with Crippen LogP contribution in [-0.4, -0.2) is 23.3 Å². The Kier molecular flexibility index (Phi) is 6.47. The molecule has 1 N–H and O–H groups in total. The summed E-state index contributed by atoms with van der Waals surface area (Å²) >= 11 is 1.27. The zero-order chi connectivity index (χ0) is 9.40. The fourth-order valence-corrected chi connectivity index (χ4v) is 1.15. The Balaban J connectivity index is 3.16. The van der Waals surface area contributed by atoms with E-state index in [1.54, 1.807) is 0 Å². The molecule has 12 heavy (non-hydrogen) atoms. The summed E-state index contributed by atoms with van der Waals surface area (Å²) in [5.41, 5.74) is 0. The smallest absolute Gasteiger partial charge is 0.243 e. The van der Waals surface area contributed by atoms with Crippen LogP contribution in [0.3, 0.4) is 0 Å². The molecule has 0 rings (SSSR count). The summed E-state index contributed by atoms with van der Waals surface area (Å²) in [6, 6.07) is 0. The van der Waals surface area contributed by atoms with Crippen molar-refractivity contribution in [3.05, 3.63) is 12.7 Å². The highest BCUT2D eigenvalue weighted by Crippen LogP contribution is 2.01. The van der Waals surface area contributed by atoms with Crippen molar-refractivity contribution in [3.63, 3.8) is 0 Å². The second-order valence-corrected chi connectivity index (χ2v) is 3.46. The first-order valence-electron chi connectivity index (χ1n) is 3.70. The van der Waals surface area contributed by atoms with E-state index >= 15 is 0 Å². The number of amides is 1. The van der Waals surface area contributed by atoms with E-state index < -0.39 is 0 Å². The van der Waals surface area contributed by atoms with Crippen LogP contribution in [0.5, 0.6) is 0 Å². The van der Waals surface area contributed by atoms with Crippen molar-refractivity contribution in [2.24, 2.45) is 0 Å². The maximum Gasteiger partial charge on any atom is 0.243 e. The van der Waals surface area contributed by atoms with Gasteiger partial charge in [-0.15, -0.1) is 0 Å². The van der Waals surface area contributed by atoms with Crippen molar-refractivity contribution in [1.29, 1.82) is 0 Å². The van der Waals surface area contributed by atoms with Crippen LogP contribution in [0.4, 0.5) is 0 Å². The highest BCUT2D eigenvalue weighted by molar-refractivity contribution is 8.13. The largest absolute Gasteiger partial charge is 0.353 e. The van der Waals surface area contributed by atoms with Crippen LogP contribution in [0.15, 0.2) is 12.7 Å². The predicted octanol–water partition coefficient (Wildman–Crippen LogP) is 0.958. The zero-order valence-electron chi connectivity index (χ0n) is 7.13. The van der Waals surface area contributed by atoms with Gasteiger partial charge in [-0.1, -0.05) is 18.3 Å². The number of carbonyl (C=O) groups is 2. The van der Waals surface area contributed by atoms with Gasteiger partial charge in [-0.05, 0) is 12.5 Å². The van der Waals surface area contributed by atoms with Gasteiger partial charge in [0.1, 0.15) is 0 Å². The highest BCUT2D eigenvalue weighted by atomic mass is 32.2. The van der Waals surface area contributed by atoms with Crippen molar-refractivity contribution in [1.82, 2.24) is 5.32 Å². The molecule has 0 aromatic carbocycles. The maximum absolute atomic E-state index is 10.6. The molecule has 0 fully saturated rings. The van der Waals surface area contributed by atoms with Crippen LogP contribution in [-0.2, 0) is 9.59 Å². The number of nitrogens with one attached hydrogen (secondary N) is 1. The molecule has 3 nitrogen and oxygen atoms in total. The van der Waals surface area contributed by atoms with Gasteiger partial charge in [-0.25, -0.2) is 0 Å². The first kappa shape index (κ1) is 11.2. The molecule has 4 heteroatoms. The fraction of sp³-hybridized carbons (Fsp3) is 0.500. The minimum absolute atomic E-state index is 0.116. The molecule has 0 saturated heterocycles. The molecule has 0 unspecified atom stereocenters. The van der Waals surface area contributed by atoms with Crippen molar-refractivity contribution in [2.75, 3.05) is 12.3 Å². The minimum atomic E-state index is -0.164. The van der Waals surface area contributed by atoms with Crippen molar-refractivity contribution in [2.45, 2.75) is 13.3 Å². The SMILES string of the molecule is C=CC(=O)NCCCSC(C)=O. The summed E-state index contributed by atoms with van der Waals surface area (Å²) in [6.07, 6.45) is 2.04. The fourth-order valence-electron chi connectivity index (χ4n) is 0.572. The average Bonchev–Trinajstić information content (AvgIpc) is 2.03. The Hall–Kier alpha value is -0.770. The van der Waals surface area contributed by atoms with E-state index in [0.717, 1.165) is 12.2 Å². The Morgan fingerprint density at radius 2 is 2.25 bits per heavy atom. The van der Waals surface area contributed by atoms with Crippen molar-refractivity contribution >= 4 is 22.8 Å². The summed E-state index contributed by atoms with van der Waals surface area (Å²) in [5, 5.41) is 2.74. The monoisotopic (exact) mass is 187 g/mol. The van der Waals surface area contributed by atoms with Gasteiger partial charge in [0.2, 0.25) is 5.91 Å². The lowest BCUT2D eigenvalue weighted by molar-refractivity contribution is -0.116. The van der Waals surface area contributed by atoms with Gasteiger partial charge >= 0.3 is 0 Å². The number of hydrogen-bond acceptors (Lipinski definition) is 3. The molecule has 0 aliphatic heterocycles. The van der Waals surface area contributed by atoms with Crippen LogP contribution < -0.4 is 5.32 Å². The van der Waals surface area contributed by atoms with Crippen molar-refractivity contribution in [3.8, 4) is 0 Å². The third-order valence-corrected chi connectivity index (χ3v) is 2.01. The van der Waals surface area contributed by atoms with E-state index in [9.17, 15) is 9.59 Å². The Labute approximate surface area is 76.6 Å². The molecule has 68 valence electrons. The standard InChI is InChI=1S/C8H13NO2S/c1-3-8(11)9-5-4-6-12-7(2)10/h3H,1,4-6H2,2H3,(H,9,11). The number of hydrogen-bond donors (Lipinski definition) is 1. The van der Waals surface area contributed by atoms with Crippen LogP contribution in [0.1, 0.15) is 13.3 Å². The second kappa shape index (κ2) is 6.91. The minimum Gasteiger partial charge on any atom is -0.353 e. The van der Waals surface area contributed by atoms with Crippen LogP contribution in [0, 0.1) is 0 Å². The van der Waals surface area contributed by atoms with Crippen molar-refractivity contribution < 1.29 is 9.59 Å². The maximum atomic E-state index is 10.6. The van der Waals surface area contributed by atoms with Crippen LogP contribution in [0.2, 0.25) is 0 Å². The second-order valence-electron chi connectivity index (χ2n) is 2.19.